The Hall–Kier alpha value is -3.86. The Morgan fingerprint density at radius 3 is 2.76 bits per heavy atom. The standard InChI is InChI=1S/C31H34N4O5S/c1-39-20-11-9-19(10-12-20)18-35-14-13-22-27(31(37)38)30(34-26-8-4-5-15-40-26)41-28(22)25(35)17-33-29(36)23-16-32-24-7-3-2-6-21(23)24/h2-3,6-7,9-12,16,25-26,32,34H,4-5,8,13-15,17-18H2,1H3,(H,33,36)(H,37,38). The first kappa shape index (κ1) is 27.3. The van der Waals surface area contributed by atoms with E-state index >= 15 is 0 Å². The highest BCUT2D eigenvalue weighted by Crippen LogP contribution is 2.43. The van der Waals surface area contributed by atoms with Gasteiger partial charge in [0.15, 0.2) is 0 Å². The number of carboxylic acids is 1. The number of rotatable bonds is 9. The van der Waals surface area contributed by atoms with E-state index in [2.05, 4.69) is 20.5 Å². The number of fused-ring (bicyclic) bond motifs is 2. The summed E-state index contributed by atoms with van der Waals surface area (Å²) in [6.07, 6.45) is 5.06. The van der Waals surface area contributed by atoms with Crippen LogP contribution in [0.25, 0.3) is 10.9 Å². The van der Waals surface area contributed by atoms with Crippen molar-refractivity contribution in [2.45, 2.75) is 44.5 Å². The first-order valence-electron chi connectivity index (χ1n) is 14.0. The average Bonchev–Trinajstić information content (AvgIpc) is 3.59. The molecule has 0 spiro atoms. The van der Waals surface area contributed by atoms with E-state index in [0.29, 0.717) is 48.8 Å². The highest BCUT2D eigenvalue weighted by atomic mass is 32.1. The maximum Gasteiger partial charge on any atom is 0.338 e. The van der Waals surface area contributed by atoms with Crippen molar-refractivity contribution in [1.29, 1.82) is 0 Å². The molecule has 4 heterocycles. The zero-order valence-electron chi connectivity index (χ0n) is 22.9. The molecule has 0 radical (unpaired) electrons. The molecule has 0 saturated carbocycles. The van der Waals surface area contributed by atoms with Crippen LogP contribution in [0.3, 0.4) is 0 Å². The Kier molecular flexibility index (Phi) is 7.95. The minimum Gasteiger partial charge on any atom is -0.497 e. The van der Waals surface area contributed by atoms with Crippen LogP contribution in [0.15, 0.2) is 54.7 Å². The van der Waals surface area contributed by atoms with Crippen LogP contribution in [0.5, 0.6) is 5.75 Å². The fourth-order valence-electron chi connectivity index (χ4n) is 5.83. The Morgan fingerprint density at radius 2 is 2.00 bits per heavy atom. The Morgan fingerprint density at radius 1 is 1.17 bits per heavy atom. The molecule has 10 heteroatoms. The van der Waals surface area contributed by atoms with Crippen LogP contribution < -0.4 is 15.4 Å². The van der Waals surface area contributed by atoms with Gasteiger partial charge in [0.25, 0.3) is 5.91 Å². The second-order valence-corrected chi connectivity index (χ2v) is 11.5. The molecule has 41 heavy (non-hydrogen) atoms. The van der Waals surface area contributed by atoms with Crippen molar-refractivity contribution in [3.63, 3.8) is 0 Å². The third kappa shape index (κ3) is 5.68. The molecule has 4 N–H and O–H groups in total. The van der Waals surface area contributed by atoms with Gasteiger partial charge in [0.1, 0.15) is 17.0 Å². The highest BCUT2D eigenvalue weighted by Gasteiger charge is 2.35. The van der Waals surface area contributed by atoms with Gasteiger partial charge >= 0.3 is 5.97 Å². The monoisotopic (exact) mass is 574 g/mol. The van der Waals surface area contributed by atoms with Crippen LogP contribution in [0.4, 0.5) is 5.00 Å². The van der Waals surface area contributed by atoms with Gasteiger partial charge in [0, 0.05) is 48.2 Å². The number of methoxy groups -OCH3 is 1. The Labute approximate surface area is 242 Å². The number of anilines is 1. The summed E-state index contributed by atoms with van der Waals surface area (Å²) in [6.45, 7) is 2.35. The van der Waals surface area contributed by atoms with Crippen molar-refractivity contribution in [3.8, 4) is 5.75 Å². The quantitative estimate of drug-likeness (QED) is 0.211. The molecule has 1 saturated heterocycles. The van der Waals surface area contributed by atoms with Gasteiger partial charge in [-0.15, -0.1) is 11.3 Å². The molecule has 0 aliphatic carbocycles. The largest absolute Gasteiger partial charge is 0.497 e. The summed E-state index contributed by atoms with van der Waals surface area (Å²) < 4.78 is 11.2. The van der Waals surface area contributed by atoms with E-state index in [4.69, 9.17) is 9.47 Å². The predicted molar refractivity (Wildman–Crippen MR) is 159 cm³/mol. The van der Waals surface area contributed by atoms with Crippen molar-refractivity contribution < 1.29 is 24.2 Å². The minimum atomic E-state index is -0.939. The second-order valence-electron chi connectivity index (χ2n) is 10.5. The van der Waals surface area contributed by atoms with Crippen LogP contribution in [-0.4, -0.2) is 59.9 Å². The van der Waals surface area contributed by atoms with Crippen LogP contribution in [-0.2, 0) is 17.7 Å². The van der Waals surface area contributed by atoms with Gasteiger partial charge in [-0.2, -0.15) is 0 Å². The van der Waals surface area contributed by atoms with Crippen LogP contribution in [0, 0.1) is 0 Å². The lowest BCUT2D eigenvalue weighted by molar-refractivity contribution is 0.0344. The van der Waals surface area contributed by atoms with Crippen LogP contribution in [0.2, 0.25) is 0 Å². The summed E-state index contributed by atoms with van der Waals surface area (Å²) in [4.78, 5) is 32.3. The number of aromatic nitrogens is 1. The highest BCUT2D eigenvalue weighted by molar-refractivity contribution is 7.16. The first-order valence-corrected chi connectivity index (χ1v) is 14.8. The van der Waals surface area contributed by atoms with Crippen LogP contribution >= 0.6 is 11.3 Å². The van der Waals surface area contributed by atoms with Crippen molar-refractivity contribution in [1.82, 2.24) is 15.2 Å². The summed E-state index contributed by atoms with van der Waals surface area (Å²) in [7, 11) is 1.65. The van der Waals surface area contributed by atoms with Gasteiger partial charge in [-0.3, -0.25) is 9.69 Å². The SMILES string of the molecule is COc1ccc(CN2CCc3c(sc(NC4CCCCO4)c3C(=O)O)C2CNC(=O)c2c[nH]c3ccccc23)cc1. The number of carbonyl (C=O) groups excluding carboxylic acids is 1. The van der Waals surface area contributed by atoms with Gasteiger partial charge in [-0.25, -0.2) is 4.79 Å². The average molecular weight is 575 g/mol. The molecule has 2 unspecified atom stereocenters. The Bertz CT molecular complexity index is 1540. The number of nitrogens with zero attached hydrogens (tertiary/aromatic N) is 1. The summed E-state index contributed by atoms with van der Waals surface area (Å²) >= 11 is 1.47. The number of nitrogens with one attached hydrogen (secondary N) is 3. The second kappa shape index (κ2) is 11.9. The van der Waals surface area contributed by atoms with Crippen molar-refractivity contribution in [2.24, 2.45) is 0 Å². The van der Waals surface area contributed by atoms with E-state index in [1.54, 1.807) is 13.3 Å². The molecule has 0 bridgehead atoms. The number of carbonyl (C=O) groups is 2. The summed E-state index contributed by atoms with van der Waals surface area (Å²) in [5.41, 5.74) is 3.79. The molecular formula is C31H34N4O5S. The van der Waals surface area contributed by atoms with Gasteiger partial charge < -0.3 is 30.2 Å². The van der Waals surface area contributed by atoms with E-state index in [-0.39, 0.29) is 18.2 Å². The third-order valence-corrected chi connectivity index (χ3v) is 9.22. The maximum atomic E-state index is 13.4. The number of H-pyrrole nitrogens is 1. The van der Waals surface area contributed by atoms with Crippen molar-refractivity contribution in [2.75, 3.05) is 32.1 Å². The molecule has 214 valence electrons. The van der Waals surface area contributed by atoms with Crippen molar-refractivity contribution >= 4 is 39.1 Å². The number of ether oxygens (including phenoxy) is 2. The topological polar surface area (TPSA) is 116 Å². The molecule has 4 aromatic rings. The number of thiophene rings is 1. The van der Waals surface area contributed by atoms with E-state index < -0.39 is 5.97 Å². The fourth-order valence-corrected chi connectivity index (χ4v) is 7.24. The van der Waals surface area contributed by atoms with E-state index in [1.807, 2.05) is 48.5 Å². The lowest BCUT2D eigenvalue weighted by Crippen LogP contribution is -2.41. The molecule has 2 aliphatic heterocycles. The summed E-state index contributed by atoms with van der Waals surface area (Å²) in [6, 6.07) is 15.5. The smallest absolute Gasteiger partial charge is 0.338 e. The van der Waals surface area contributed by atoms with Gasteiger partial charge in [-0.1, -0.05) is 30.3 Å². The summed E-state index contributed by atoms with van der Waals surface area (Å²) in [5, 5.41) is 18.3. The number of hydrogen-bond acceptors (Lipinski definition) is 7. The zero-order chi connectivity index (χ0) is 28.3. The molecule has 6 rings (SSSR count). The number of para-hydroxylation sites is 1. The lowest BCUT2D eigenvalue weighted by Gasteiger charge is -2.36. The molecule has 2 aliphatic rings. The Balaban J connectivity index is 1.30. The van der Waals surface area contributed by atoms with E-state index in [1.165, 1.54) is 11.3 Å². The van der Waals surface area contributed by atoms with Crippen molar-refractivity contribution in [3.05, 3.63) is 81.9 Å². The number of carboxylic acid groups (broad SMARTS) is 1. The number of aromatic amines is 1. The molecule has 1 fully saturated rings. The molecular weight excluding hydrogens is 540 g/mol. The van der Waals surface area contributed by atoms with E-state index in [0.717, 1.165) is 51.9 Å². The lowest BCUT2D eigenvalue weighted by atomic mass is 9.96. The van der Waals surface area contributed by atoms with Crippen LogP contribution in [0.1, 0.15) is 62.0 Å². The summed E-state index contributed by atoms with van der Waals surface area (Å²) in [5.74, 6) is -0.309. The normalized spacial score (nSPS) is 19.0. The fraction of sp³-hybridized carbons (Fsp3) is 0.355. The van der Waals surface area contributed by atoms with Gasteiger partial charge in [-0.05, 0) is 55.0 Å². The predicted octanol–water partition coefficient (Wildman–Crippen LogP) is 5.40. The molecule has 1 amide bonds. The van der Waals surface area contributed by atoms with Gasteiger partial charge in [0.05, 0.1) is 24.3 Å². The molecule has 2 aromatic carbocycles. The molecule has 2 aromatic heterocycles. The number of hydrogen-bond donors (Lipinski definition) is 4. The zero-order valence-corrected chi connectivity index (χ0v) is 23.8. The minimum absolute atomic E-state index is 0.164. The first-order chi connectivity index (χ1) is 20.0. The number of benzene rings is 2. The number of amides is 1. The third-order valence-electron chi connectivity index (χ3n) is 7.95. The molecule has 2 atom stereocenters. The maximum absolute atomic E-state index is 13.4. The molecule has 9 nitrogen and oxygen atoms in total. The van der Waals surface area contributed by atoms with E-state index in [9.17, 15) is 14.7 Å². The number of aromatic carboxylic acids is 1. The van der Waals surface area contributed by atoms with Gasteiger partial charge in [0.2, 0.25) is 0 Å².